The fraction of sp³-hybridized carbons (Fsp3) is 0.100. The molecule has 2 heterocycles. The first-order valence-electron chi connectivity index (χ1n) is 9.40. The molecule has 35 heavy (non-hydrogen) atoms. The van der Waals surface area contributed by atoms with Crippen molar-refractivity contribution >= 4 is 88.9 Å². The van der Waals surface area contributed by atoms with Gasteiger partial charge in [-0.15, -0.1) is 0 Å². The van der Waals surface area contributed by atoms with Gasteiger partial charge in [-0.3, -0.25) is 19.8 Å². The summed E-state index contributed by atoms with van der Waals surface area (Å²) in [5.74, 6) is -2.09. The molecule has 182 valence electrons. The van der Waals surface area contributed by atoms with Crippen molar-refractivity contribution in [3.05, 3.63) is 66.4 Å². The largest absolute Gasteiger partial charge is 0.451 e. The molecule has 4 amide bonds. The fourth-order valence-corrected chi connectivity index (χ4v) is 4.67. The number of hydrazine groups is 1. The summed E-state index contributed by atoms with van der Waals surface area (Å²) in [4.78, 5) is 54.1. The zero-order valence-corrected chi connectivity index (χ0v) is 23.3. The van der Waals surface area contributed by atoms with Crippen molar-refractivity contribution < 1.29 is 23.9 Å². The Hall–Kier alpha value is -2.81. The third kappa shape index (κ3) is 6.07. The summed E-state index contributed by atoms with van der Waals surface area (Å²) < 4.78 is 6.90. The van der Waals surface area contributed by atoms with Crippen LogP contribution in [0.25, 0.3) is 5.82 Å². The zero-order chi connectivity index (χ0) is 25.9. The van der Waals surface area contributed by atoms with Gasteiger partial charge in [0.25, 0.3) is 11.8 Å². The quantitative estimate of drug-likeness (QED) is 0.378. The van der Waals surface area contributed by atoms with Gasteiger partial charge in [0, 0.05) is 28.1 Å². The van der Waals surface area contributed by atoms with Crippen LogP contribution in [0.2, 0.25) is 5.02 Å². The summed E-state index contributed by atoms with van der Waals surface area (Å²) in [7, 11) is 1.06. The van der Waals surface area contributed by atoms with Crippen molar-refractivity contribution in [3.8, 4) is 5.82 Å². The normalized spacial score (nSPS) is 10.5. The van der Waals surface area contributed by atoms with Gasteiger partial charge in [0.2, 0.25) is 5.91 Å². The van der Waals surface area contributed by atoms with Crippen LogP contribution >= 0.6 is 59.4 Å². The number of ether oxygens (including phenoxy) is 1. The summed E-state index contributed by atoms with van der Waals surface area (Å²) >= 11 is 16.1. The molecule has 2 aromatic heterocycles. The van der Waals surface area contributed by atoms with Gasteiger partial charge in [0.15, 0.2) is 5.82 Å². The molecule has 15 heteroatoms. The number of amides is 4. The molecule has 0 spiro atoms. The standard InChI is InChI=1S/C20H14Br3ClN6O5/c1-9(31)29(20(34)35-2)28-18(32)11-6-10(21)7-12(22)16(11)26-19(33)14-8-15(23)27-30(14)17-13(24)4-3-5-25-17/h3-8H,1-2H3,(H,26,33)(H,28,32). The number of nitrogens with zero attached hydrogens (tertiary/aromatic N) is 4. The van der Waals surface area contributed by atoms with E-state index in [2.05, 4.69) is 73.4 Å². The Morgan fingerprint density at radius 3 is 2.46 bits per heavy atom. The summed E-state index contributed by atoms with van der Waals surface area (Å²) in [5.41, 5.74) is 2.20. The van der Waals surface area contributed by atoms with Crippen molar-refractivity contribution in [2.75, 3.05) is 12.4 Å². The third-order valence-electron chi connectivity index (χ3n) is 4.28. The maximum atomic E-state index is 13.3. The Kier molecular flexibility index (Phi) is 8.64. The second-order valence-electron chi connectivity index (χ2n) is 6.60. The minimum absolute atomic E-state index is 0.0542. The SMILES string of the molecule is COC(=O)N(NC(=O)c1cc(Br)cc(Br)c1NC(=O)c1cc(Br)nn1-c1ncccc1Cl)C(C)=O. The van der Waals surface area contributed by atoms with E-state index in [0.717, 1.165) is 14.0 Å². The molecule has 3 rings (SSSR count). The minimum atomic E-state index is -1.09. The number of imide groups is 1. The highest BCUT2D eigenvalue weighted by Crippen LogP contribution is 2.32. The van der Waals surface area contributed by atoms with E-state index in [0.29, 0.717) is 18.6 Å². The number of aromatic nitrogens is 3. The van der Waals surface area contributed by atoms with Gasteiger partial charge in [-0.1, -0.05) is 27.5 Å². The van der Waals surface area contributed by atoms with E-state index < -0.39 is 23.8 Å². The molecule has 0 fully saturated rings. The first-order valence-corrected chi connectivity index (χ1v) is 12.2. The van der Waals surface area contributed by atoms with Crippen molar-refractivity contribution in [1.82, 2.24) is 25.2 Å². The lowest BCUT2D eigenvalue weighted by atomic mass is 10.1. The van der Waals surface area contributed by atoms with Gasteiger partial charge in [0.1, 0.15) is 10.3 Å². The first kappa shape index (κ1) is 26.8. The molecule has 1 aromatic carbocycles. The second-order valence-corrected chi connectivity index (χ2v) is 9.59. The number of nitrogens with one attached hydrogen (secondary N) is 2. The number of benzene rings is 1. The van der Waals surface area contributed by atoms with Gasteiger partial charge in [0.05, 0.1) is 23.4 Å². The van der Waals surface area contributed by atoms with E-state index in [9.17, 15) is 19.2 Å². The second kappa shape index (κ2) is 11.3. The van der Waals surface area contributed by atoms with E-state index in [1.165, 1.54) is 23.0 Å². The summed E-state index contributed by atoms with van der Waals surface area (Å²) in [5, 5.41) is 7.53. The highest BCUT2D eigenvalue weighted by Gasteiger charge is 2.26. The highest BCUT2D eigenvalue weighted by molar-refractivity contribution is 9.11. The number of carbonyl (C=O) groups excluding carboxylic acids is 4. The van der Waals surface area contributed by atoms with Gasteiger partial charge in [-0.05, 0) is 56.1 Å². The van der Waals surface area contributed by atoms with Crippen molar-refractivity contribution in [2.45, 2.75) is 6.92 Å². The van der Waals surface area contributed by atoms with Gasteiger partial charge < -0.3 is 10.1 Å². The number of rotatable bonds is 4. The molecule has 0 saturated heterocycles. The number of methoxy groups -OCH3 is 1. The lowest BCUT2D eigenvalue weighted by molar-refractivity contribution is -0.129. The number of carbonyl (C=O) groups is 4. The average Bonchev–Trinajstić information content (AvgIpc) is 3.19. The van der Waals surface area contributed by atoms with Crippen LogP contribution in [-0.2, 0) is 9.53 Å². The highest BCUT2D eigenvalue weighted by atomic mass is 79.9. The van der Waals surface area contributed by atoms with E-state index >= 15 is 0 Å². The number of halogens is 4. The number of pyridine rings is 1. The van der Waals surface area contributed by atoms with E-state index in [1.54, 1.807) is 18.2 Å². The molecule has 11 nitrogen and oxygen atoms in total. The molecule has 0 unspecified atom stereocenters. The molecule has 0 atom stereocenters. The van der Waals surface area contributed by atoms with Crippen LogP contribution in [0, 0.1) is 0 Å². The van der Waals surface area contributed by atoms with Gasteiger partial charge in [-0.2, -0.15) is 10.1 Å². The topological polar surface area (TPSA) is 136 Å². The van der Waals surface area contributed by atoms with Crippen LogP contribution in [0.3, 0.4) is 0 Å². The third-order valence-corrected chi connectivity index (χ3v) is 6.04. The smallest absolute Gasteiger partial charge is 0.435 e. The van der Waals surface area contributed by atoms with Crippen LogP contribution in [0.5, 0.6) is 0 Å². The number of hydrogen-bond acceptors (Lipinski definition) is 7. The fourth-order valence-electron chi connectivity index (χ4n) is 2.77. The van der Waals surface area contributed by atoms with Gasteiger partial charge in [-0.25, -0.2) is 14.5 Å². The van der Waals surface area contributed by atoms with Crippen LogP contribution in [0.4, 0.5) is 10.5 Å². The molecule has 0 bridgehead atoms. The van der Waals surface area contributed by atoms with Crippen molar-refractivity contribution in [1.29, 1.82) is 0 Å². The Balaban J connectivity index is 2.00. The number of hydrogen-bond donors (Lipinski definition) is 2. The van der Waals surface area contributed by atoms with E-state index in [1.807, 2.05) is 0 Å². The maximum Gasteiger partial charge on any atom is 0.435 e. The monoisotopic (exact) mass is 690 g/mol. The molecule has 0 saturated carbocycles. The van der Waals surface area contributed by atoms with E-state index in [4.69, 9.17) is 11.6 Å². The average molecular weight is 694 g/mol. The Bertz CT molecular complexity index is 1350. The molecule has 0 radical (unpaired) electrons. The van der Waals surface area contributed by atoms with Crippen LogP contribution in [0.1, 0.15) is 27.8 Å². The first-order chi connectivity index (χ1) is 16.5. The van der Waals surface area contributed by atoms with Crippen LogP contribution < -0.4 is 10.7 Å². The van der Waals surface area contributed by atoms with Crippen LogP contribution in [0.15, 0.2) is 50.1 Å². The maximum absolute atomic E-state index is 13.3. The molecular weight excluding hydrogens is 679 g/mol. The van der Waals surface area contributed by atoms with Gasteiger partial charge >= 0.3 is 6.09 Å². The molecule has 0 aliphatic rings. The Labute approximate surface area is 228 Å². The summed E-state index contributed by atoms with van der Waals surface area (Å²) in [6.07, 6.45) is 0.403. The van der Waals surface area contributed by atoms with Crippen molar-refractivity contribution in [2.24, 2.45) is 0 Å². The molecule has 0 aliphatic heterocycles. The molecule has 3 aromatic rings. The lowest BCUT2D eigenvalue weighted by Crippen LogP contribution is -2.49. The minimum Gasteiger partial charge on any atom is -0.451 e. The van der Waals surface area contributed by atoms with Crippen molar-refractivity contribution in [3.63, 3.8) is 0 Å². The predicted molar refractivity (Wildman–Crippen MR) is 136 cm³/mol. The zero-order valence-electron chi connectivity index (χ0n) is 17.8. The molecule has 0 aliphatic carbocycles. The molecule has 2 N–H and O–H groups in total. The lowest BCUT2D eigenvalue weighted by Gasteiger charge is -2.20. The van der Waals surface area contributed by atoms with Crippen LogP contribution in [-0.4, -0.2) is 50.7 Å². The predicted octanol–water partition coefficient (Wildman–Crippen LogP) is 4.72. The Morgan fingerprint density at radius 1 is 1.11 bits per heavy atom. The molecular formula is C20H14Br3ClN6O5. The Morgan fingerprint density at radius 2 is 1.83 bits per heavy atom. The number of anilines is 1. The van der Waals surface area contributed by atoms with E-state index in [-0.39, 0.29) is 27.8 Å². The summed E-state index contributed by atoms with van der Waals surface area (Å²) in [6, 6.07) is 7.66. The summed E-state index contributed by atoms with van der Waals surface area (Å²) in [6.45, 7) is 1.07.